The van der Waals surface area contributed by atoms with Gasteiger partial charge in [0.15, 0.2) is 12.1 Å². The monoisotopic (exact) mass is 303 g/mol. The molecule has 0 N–H and O–H groups in total. The largest absolute Gasteiger partial charge is 0.296 e. The van der Waals surface area contributed by atoms with Crippen molar-refractivity contribution in [3.05, 3.63) is 66.1 Å². The van der Waals surface area contributed by atoms with Crippen LogP contribution in [0.15, 0.2) is 59.5 Å². The highest BCUT2D eigenvalue weighted by Crippen LogP contribution is 2.28. The summed E-state index contributed by atoms with van der Waals surface area (Å²) in [4.78, 5) is 11.2. The Kier molecular flexibility index (Phi) is 3.10. The number of fused-ring (bicyclic) bond motifs is 1. The second-order valence-electron chi connectivity index (χ2n) is 4.42. The number of para-hydroxylation sites is 1. The van der Waals surface area contributed by atoms with E-state index in [1.165, 1.54) is 24.3 Å². The van der Waals surface area contributed by atoms with E-state index in [1.807, 2.05) is 0 Å². The van der Waals surface area contributed by atoms with Crippen LogP contribution < -0.4 is 0 Å². The van der Waals surface area contributed by atoms with Gasteiger partial charge in [0.25, 0.3) is 10.0 Å². The zero-order valence-electron chi connectivity index (χ0n) is 10.7. The van der Waals surface area contributed by atoms with Gasteiger partial charge in [-0.2, -0.15) is 0 Å². The zero-order valence-corrected chi connectivity index (χ0v) is 11.5. The van der Waals surface area contributed by atoms with Crippen LogP contribution >= 0.6 is 0 Å². The molecule has 0 saturated heterocycles. The lowest BCUT2D eigenvalue weighted by Gasteiger charge is -2.08. The fraction of sp³-hybridized carbons (Fsp3) is 0. The van der Waals surface area contributed by atoms with Crippen LogP contribution in [-0.2, 0) is 10.0 Å². The Bertz CT molecular complexity index is 930. The van der Waals surface area contributed by atoms with Crippen molar-refractivity contribution in [2.75, 3.05) is 0 Å². The highest BCUT2D eigenvalue weighted by atomic mass is 32.2. The van der Waals surface area contributed by atoms with E-state index >= 15 is 0 Å². The van der Waals surface area contributed by atoms with Gasteiger partial charge in [-0.1, -0.05) is 30.3 Å². The quantitative estimate of drug-likeness (QED) is 0.699. The molecule has 3 rings (SSSR count). The molecule has 0 radical (unpaired) electrons. The zero-order chi connectivity index (χ0) is 15.0. The van der Waals surface area contributed by atoms with E-state index in [1.54, 1.807) is 30.3 Å². The van der Waals surface area contributed by atoms with Gasteiger partial charge in [-0.15, -0.1) is 0 Å². The van der Waals surface area contributed by atoms with Crippen molar-refractivity contribution in [3.8, 4) is 0 Å². The molecule has 0 aliphatic rings. The van der Waals surface area contributed by atoms with Gasteiger partial charge in [-0.05, 0) is 24.3 Å². The fourth-order valence-electron chi connectivity index (χ4n) is 2.25. The van der Waals surface area contributed by atoms with E-state index in [-0.39, 0.29) is 22.1 Å². The van der Waals surface area contributed by atoms with Gasteiger partial charge in [0, 0.05) is 5.39 Å². The van der Waals surface area contributed by atoms with Crippen molar-refractivity contribution in [2.24, 2.45) is 0 Å². The van der Waals surface area contributed by atoms with Crippen LogP contribution in [0.4, 0.5) is 4.39 Å². The predicted molar refractivity (Wildman–Crippen MR) is 76.3 cm³/mol. The number of carbonyl (C=O) groups is 1. The Hall–Kier alpha value is -2.47. The van der Waals surface area contributed by atoms with Gasteiger partial charge in [0.1, 0.15) is 5.69 Å². The first-order valence-corrected chi connectivity index (χ1v) is 7.56. The average molecular weight is 303 g/mol. The molecule has 3 aromatic rings. The van der Waals surface area contributed by atoms with Gasteiger partial charge in [0.2, 0.25) is 0 Å². The molecule has 0 amide bonds. The van der Waals surface area contributed by atoms with Gasteiger partial charge < -0.3 is 0 Å². The smallest absolute Gasteiger partial charge is 0.268 e. The third kappa shape index (κ3) is 1.95. The minimum Gasteiger partial charge on any atom is -0.296 e. The molecule has 1 aromatic heterocycles. The van der Waals surface area contributed by atoms with Crippen LogP contribution in [0, 0.1) is 5.82 Å². The van der Waals surface area contributed by atoms with E-state index in [2.05, 4.69) is 0 Å². The third-order valence-electron chi connectivity index (χ3n) is 3.20. The van der Waals surface area contributed by atoms with Crippen molar-refractivity contribution in [3.63, 3.8) is 0 Å². The Morgan fingerprint density at radius 3 is 2.24 bits per heavy atom. The summed E-state index contributed by atoms with van der Waals surface area (Å²) < 4.78 is 40.3. The molecule has 1 heterocycles. The van der Waals surface area contributed by atoms with Gasteiger partial charge in [0.05, 0.1) is 10.4 Å². The molecule has 6 heteroatoms. The first kappa shape index (κ1) is 13.5. The highest BCUT2D eigenvalue weighted by molar-refractivity contribution is 7.90. The maximum atomic E-state index is 14.2. The maximum absolute atomic E-state index is 14.2. The molecule has 0 bridgehead atoms. The maximum Gasteiger partial charge on any atom is 0.268 e. The predicted octanol–water partition coefficient (Wildman–Crippen LogP) is 2.83. The number of hydrogen-bond donors (Lipinski definition) is 0. The van der Waals surface area contributed by atoms with Crippen LogP contribution in [0.25, 0.3) is 10.9 Å². The summed E-state index contributed by atoms with van der Waals surface area (Å²) >= 11 is 0. The van der Waals surface area contributed by atoms with Crippen molar-refractivity contribution in [1.82, 2.24) is 3.97 Å². The number of halogens is 1. The molecule has 0 spiro atoms. The van der Waals surface area contributed by atoms with Crippen LogP contribution in [0.1, 0.15) is 10.5 Å². The van der Waals surface area contributed by atoms with E-state index in [9.17, 15) is 17.6 Å². The van der Waals surface area contributed by atoms with Gasteiger partial charge in [-0.3, -0.25) is 4.79 Å². The van der Waals surface area contributed by atoms with Crippen molar-refractivity contribution in [2.45, 2.75) is 4.90 Å². The summed E-state index contributed by atoms with van der Waals surface area (Å²) in [6.45, 7) is 0. The van der Waals surface area contributed by atoms with Crippen LogP contribution in [0.5, 0.6) is 0 Å². The van der Waals surface area contributed by atoms with E-state index in [0.717, 1.165) is 3.97 Å². The summed E-state index contributed by atoms with van der Waals surface area (Å²) in [5, 5.41) is 0.0964. The lowest BCUT2D eigenvalue weighted by atomic mass is 10.2. The summed E-state index contributed by atoms with van der Waals surface area (Å²) in [7, 11) is -4.04. The number of hydrogen-bond acceptors (Lipinski definition) is 3. The standard InChI is InChI=1S/C15H10FNO3S/c16-15-12-8-4-5-9-13(12)17(14(15)10-18)21(19,20)11-6-2-1-3-7-11/h1-10H. The molecule has 2 aromatic carbocycles. The average Bonchev–Trinajstić information content (AvgIpc) is 2.81. The number of aromatic nitrogens is 1. The normalized spacial score (nSPS) is 11.7. The summed E-state index contributed by atoms with van der Waals surface area (Å²) in [5.74, 6) is -0.833. The molecule has 0 aliphatic heterocycles. The summed E-state index contributed by atoms with van der Waals surface area (Å²) in [6.07, 6.45) is 0.218. The van der Waals surface area contributed by atoms with E-state index in [4.69, 9.17) is 0 Å². The molecule has 21 heavy (non-hydrogen) atoms. The highest BCUT2D eigenvalue weighted by Gasteiger charge is 2.26. The van der Waals surface area contributed by atoms with Crippen LogP contribution in [0.2, 0.25) is 0 Å². The second kappa shape index (κ2) is 4.82. The molecule has 0 fully saturated rings. The van der Waals surface area contributed by atoms with Gasteiger partial charge >= 0.3 is 0 Å². The fourth-order valence-corrected chi connectivity index (χ4v) is 3.76. The molecule has 0 unspecified atom stereocenters. The third-order valence-corrected chi connectivity index (χ3v) is 4.94. The summed E-state index contributed by atoms with van der Waals surface area (Å²) in [6, 6.07) is 13.7. The first-order chi connectivity index (χ1) is 10.1. The number of carbonyl (C=O) groups excluding carboxylic acids is 1. The topological polar surface area (TPSA) is 56.1 Å². The van der Waals surface area contributed by atoms with Crippen LogP contribution in [0.3, 0.4) is 0 Å². The van der Waals surface area contributed by atoms with E-state index < -0.39 is 21.5 Å². The van der Waals surface area contributed by atoms with E-state index in [0.29, 0.717) is 0 Å². The number of rotatable bonds is 3. The molecule has 0 saturated carbocycles. The Labute approximate surface area is 120 Å². The molecule has 106 valence electrons. The van der Waals surface area contributed by atoms with Gasteiger partial charge in [-0.25, -0.2) is 16.8 Å². The van der Waals surface area contributed by atoms with Crippen LogP contribution in [-0.4, -0.2) is 18.7 Å². The minimum atomic E-state index is -4.04. The molecular formula is C15H10FNO3S. The summed E-state index contributed by atoms with van der Waals surface area (Å²) in [5.41, 5.74) is -0.360. The minimum absolute atomic E-state index is 0.00569. The molecule has 4 nitrogen and oxygen atoms in total. The Balaban J connectivity index is 2.43. The lowest BCUT2D eigenvalue weighted by molar-refractivity contribution is 0.111. The number of benzene rings is 2. The first-order valence-electron chi connectivity index (χ1n) is 6.12. The van der Waals surface area contributed by atoms with Crippen molar-refractivity contribution >= 4 is 27.2 Å². The Morgan fingerprint density at radius 1 is 0.952 bits per heavy atom. The molecular weight excluding hydrogens is 293 g/mol. The molecule has 0 atom stereocenters. The molecule has 0 aliphatic carbocycles. The Morgan fingerprint density at radius 2 is 1.57 bits per heavy atom. The SMILES string of the molecule is O=Cc1c(F)c2ccccc2n1S(=O)(=O)c1ccccc1. The number of aldehydes is 1. The lowest BCUT2D eigenvalue weighted by Crippen LogP contribution is -2.15. The number of nitrogens with zero attached hydrogens (tertiary/aromatic N) is 1. The van der Waals surface area contributed by atoms with Crippen molar-refractivity contribution < 1.29 is 17.6 Å². The van der Waals surface area contributed by atoms with Crippen molar-refractivity contribution in [1.29, 1.82) is 0 Å². The second-order valence-corrected chi connectivity index (χ2v) is 6.20.